The largest absolute Gasteiger partial charge is 0.490 e. The van der Waals surface area contributed by atoms with Gasteiger partial charge < -0.3 is 19.7 Å². The van der Waals surface area contributed by atoms with Crippen molar-refractivity contribution in [3.8, 4) is 11.5 Å². The van der Waals surface area contributed by atoms with E-state index in [1.54, 1.807) is 0 Å². The van der Waals surface area contributed by atoms with Gasteiger partial charge >= 0.3 is 0 Å². The first-order valence-electron chi connectivity index (χ1n) is 10.7. The first-order chi connectivity index (χ1) is 14.6. The predicted octanol–water partition coefficient (Wildman–Crippen LogP) is 4.84. The Hall–Kier alpha value is -2.05. The Kier molecular flexibility index (Phi) is 8.58. The smallest absolute Gasteiger partial charge is 0.222 e. The summed E-state index contributed by atoms with van der Waals surface area (Å²) in [5.74, 6) is 1.77. The van der Waals surface area contributed by atoms with Crippen molar-refractivity contribution < 1.29 is 14.3 Å². The maximum Gasteiger partial charge on any atom is 0.222 e. The van der Waals surface area contributed by atoms with E-state index in [4.69, 9.17) is 9.47 Å². The molecule has 1 fully saturated rings. The molecule has 0 aromatic heterocycles. The highest BCUT2D eigenvalue weighted by atomic mass is 79.9. The van der Waals surface area contributed by atoms with Gasteiger partial charge in [-0.15, -0.1) is 0 Å². The molecule has 162 valence electrons. The van der Waals surface area contributed by atoms with Crippen molar-refractivity contribution in [3.05, 3.63) is 57.6 Å². The highest BCUT2D eigenvalue weighted by molar-refractivity contribution is 9.10. The topological polar surface area (TPSA) is 50.8 Å². The van der Waals surface area contributed by atoms with Crippen LogP contribution < -0.4 is 14.8 Å². The zero-order chi connectivity index (χ0) is 21.3. The molecule has 0 unspecified atom stereocenters. The van der Waals surface area contributed by atoms with Crippen LogP contribution in [-0.2, 0) is 17.9 Å². The van der Waals surface area contributed by atoms with Crippen LogP contribution in [0.2, 0.25) is 0 Å². The average Bonchev–Trinajstić information content (AvgIpc) is 3.13. The summed E-state index contributed by atoms with van der Waals surface area (Å²) in [7, 11) is 0. The van der Waals surface area contributed by atoms with E-state index in [0.717, 1.165) is 66.1 Å². The highest BCUT2D eigenvalue weighted by Gasteiger charge is 2.19. The lowest BCUT2D eigenvalue weighted by Crippen LogP contribution is -2.28. The number of hydrogen-bond acceptors (Lipinski definition) is 4. The van der Waals surface area contributed by atoms with Gasteiger partial charge in [-0.1, -0.05) is 29.8 Å². The maximum absolute atomic E-state index is 11.7. The molecule has 2 aromatic rings. The van der Waals surface area contributed by atoms with Crippen LogP contribution in [-0.4, -0.2) is 37.0 Å². The third kappa shape index (κ3) is 6.47. The van der Waals surface area contributed by atoms with Gasteiger partial charge in [0.1, 0.15) is 6.61 Å². The molecule has 1 amide bonds. The molecule has 2 aromatic carbocycles. The molecular formula is C24H31BrN2O3. The van der Waals surface area contributed by atoms with Crippen LogP contribution in [0, 0.1) is 6.92 Å². The number of halogens is 1. The van der Waals surface area contributed by atoms with Gasteiger partial charge in [0.05, 0.1) is 11.1 Å². The highest BCUT2D eigenvalue weighted by Crippen LogP contribution is 2.37. The van der Waals surface area contributed by atoms with Crippen LogP contribution in [0.5, 0.6) is 11.5 Å². The molecular weight excluding hydrogens is 444 g/mol. The molecule has 0 spiro atoms. The average molecular weight is 475 g/mol. The Morgan fingerprint density at radius 1 is 1.13 bits per heavy atom. The van der Waals surface area contributed by atoms with Crippen molar-refractivity contribution >= 4 is 21.8 Å². The molecule has 0 atom stereocenters. The van der Waals surface area contributed by atoms with Gasteiger partial charge in [0.25, 0.3) is 0 Å². The first kappa shape index (κ1) is 22.6. The standard InChI is InChI=1S/C24H31BrN2O3/c1-3-29-22-15-20(16-26-11-5-13-27-12-4-6-23(27)28)14-21(25)24(22)30-17-19-9-7-18(2)8-10-19/h7-10,14-15,26H,3-6,11-13,16-17H2,1-2H3. The maximum atomic E-state index is 11.7. The normalized spacial score (nSPS) is 13.7. The van der Waals surface area contributed by atoms with Crippen molar-refractivity contribution in [2.24, 2.45) is 0 Å². The Balaban J connectivity index is 1.54. The molecule has 1 heterocycles. The summed E-state index contributed by atoms with van der Waals surface area (Å²) in [6.45, 7) is 8.48. The van der Waals surface area contributed by atoms with Crippen LogP contribution in [0.15, 0.2) is 40.9 Å². The minimum atomic E-state index is 0.293. The molecule has 1 saturated heterocycles. The summed E-state index contributed by atoms with van der Waals surface area (Å²) < 4.78 is 12.8. The number of aryl methyl sites for hydroxylation is 1. The second-order valence-corrected chi connectivity index (χ2v) is 8.48. The number of amides is 1. The summed E-state index contributed by atoms with van der Waals surface area (Å²) in [5.41, 5.74) is 3.49. The van der Waals surface area contributed by atoms with Crippen molar-refractivity contribution in [3.63, 3.8) is 0 Å². The van der Waals surface area contributed by atoms with Gasteiger partial charge in [0.15, 0.2) is 11.5 Å². The fraction of sp³-hybridized carbons (Fsp3) is 0.458. The van der Waals surface area contributed by atoms with E-state index in [1.165, 1.54) is 5.56 Å². The lowest BCUT2D eigenvalue weighted by Gasteiger charge is -2.17. The fourth-order valence-corrected chi connectivity index (χ4v) is 4.14. The number of nitrogens with one attached hydrogen (secondary N) is 1. The molecule has 3 rings (SSSR count). The van der Waals surface area contributed by atoms with E-state index in [9.17, 15) is 4.79 Å². The minimum absolute atomic E-state index is 0.293. The lowest BCUT2D eigenvalue weighted by molar-refractivity contribution is -0.127. The predicted molar refractivity (Wildman–Crippen MR) is 123 cm³/mol. The number of rotatable bonds is 11. The molecule has 30 heavy (non-hydrogen) atoms. The van der Waals surface area contributed by atoms with E-state index < -0.39 is 0 Å². The summed E-state index contributed by atoms with van der Waals surface area (Å²) in [5, 5.41) is 3.46. The van der Waals surface area contributed by atoms with Gasteiger partial charge in [0, 0.05) is 26.1 Å². The molecule has 1 N–H and O–H groups in total. The SMILES string of the molecule is CCOc1cc(CNCCCN2CCCC2=O)cc(Br)c1OCc1ccc(C)cc1. The molecule has 0 radical (unpaired) electrons. The third-order valence-electron chi connectivity index (χ3n) is 5.16. The van der Waals surface area contributed by atoms with E-state index in [2.05, 4.69) is 58.5 Å². The Morgan fingerprint density at radius 2 is 1.93 bits per heavy atom. The van der Waals surface area contributed by atoms with Crippen molar-refractivity contribution in [1.29, 1.82) is 0 Å². The number of carbonyl (C=O) groups excluding carboxylic acids is 1. The molecule has 0 aliphatic carbocycles. The van der Waals surface area contributed by atoms with Gasteiger partial charge in [0.2, 0.25) is 5.91 Å². The fourth-order valence-electron chi connectivity index (χ4n) is 3.53. The summed E-state index contributed by atoms with van der Waals surface area (Å²) in [6.07, 6.45) is 2.67. The van der Waals surface area contributed by atoms with Crippen LogP contribution in [0.4, 0.5) is 0 Å². The molecule has 6 heteroatoms. The summed E-state index contributed by atoms with van der Waals surface area (Å²) in [6, 6.07) is 12.5. The van der Waals surface area contributed by atoms with Gasteiger partial charge in [-0.25, -0.2) is 0 Å². The summed E-state index contributed by atoms with van der Waals surface area (Å²) >= 11 is 3.65. The van der Waals surface area contributed by atoms with Gasteiger partial charge in [-0.3, -0.25) is 4.79 Å². The minimum Gasteiger partial charge on any atom is -0.490 e. The lowest BCUT2D eigenvalue weighted by atomic mass is 10.1. The van der Waals surface area contributed by atoms with Gasteiger partial charge in [-0.2, -0.15) is 0 Å². The molecule has 0 bridgehead atoms. The Labute approximate surface area is 187 Å². The van der Waals surface area contributed by atoms with E-state index >= 15 is 0 Å². The Morgan fingerprint density at radius 3 is 2.63 bits per heavy atom. The van der Waals surface area contributed by atoms with Crippen LogP contribution in [0.1, 0.15) is 42.9 Å². The number of nitrogens with zero attached hydrogens (tertiary/aromatic N) is 1. The van der Waals surface area contributed by atoms with E-state index in [-0.39, 0.29) is 0 Å². The third-order valence-corrected chi connectivity index (χ3v) is 5.74. The quantitative estimate of drug-likeness (QED) is 0.473. The second kappa shape index (κ2) is 11.4. The van der Waals surface area contributed by atoms with E-state index in [1.807, 2.05) is 17.9 Å². The van der Waals surface area contributed by atoms with Crippen molar-refractivity contribution in [2.45, 2.75) is 46.3 Å². The van der Waals surface area contributed by atoms with Crippen LogP contribution in [0.3, 0.4) is 0 Å². The van der Waals surface area contributed by atoms with Crippen molar-refractivity contribution in [1.82, 2.24) is 10.2 Å². The van der Waals surface area contributed by atoms with Crippen LogP contribution >= 0.6 is 15.9 Å². The second-order valence-electron chi connectivity index (χ2n) is 7.63. The molecule has 5 nitrogen and oxygen atoms in total. The van der Waals surface area contributed by atoms with Gasteiger partial charge in [-0.05, 0) is 72.4 Å². The number of benzene rings is 2. The zero-order valence-electron chi connectivity index (χ0n) is 17.9. The van der Waals surface area contributed by atoms with E-state index in [0.29, 0.717) is 25.5 Å². The Bertz CT molecular complexity index is 839. The summed E-state index contributed by atoms with van der Waals surface area (Å²) in [4.78, 5) is 13.6. The molecule has 0 saturated carbocycles. The molecule has 1 aliphatic heterocycles. The number of hydrogen-bond donors (Lipinski definition) is 1. The number of ether oxygens (including phenoxy) is 2. The first-order valence-corrected chi connectivity index (χ1v) is 11.5. The number of carbonyl (C=O) groups is 1. The van der Waals surface area contributed by atoms with Crippen molar-refractivity contribution in [2.75, 3.05) is 26.2 Å². The number of likely N-dealkylation sites (tertiary alicyclic amines) is 1. The zero-order valence-corrected chi connectivity index (χ0v) is 19.5. The molecule has 1 aliphatic rings. The monoisotopic (exact) mass is 474 g/mol. The van der Waals surface area contributed by atoms with Crippen LogP contribution in [0.25, 0.3) is 0 Å².